The monoisotopic (exact) mass is 350 g/mol. The van der Waals surface area contributed by atoms with Crippen LogP contribution in [0.1, 0.15) is 4.88 Å². The van der Waals surface area contributed by atoms with Gasteiger partial charge in [-0.05, 0) is 24.6 Å². The van der Waals surface area contributed by atoms with Gasteiger partial charge in [-0.15, -0.1) is 11.3 Å². The minimum atomic E-state index is -0.413. The molecule has 0 aliphatic carbocycles. The first-order valence-electron chi connectivity index (χ1n) is 7.04. The van der Waals surface area contributed by atoms with Gasteiger partial charge in [0.05, 0.1) is 18.5 Å². The normalized spacial score (nSPS) is 11.3. The van der Waals surface area contributed by atoms with Crippen LogP contribution >= 0.6 is 22.9 Å². The zero-order valence-corrected chi connectivity index (χ0v) is 14.3. The van der Waals surface area contributed by atoms with Crippen LogP contribution in [-0.4, -0.2) is 23.3 Å². The molecule has 0 unspecified atom stereocenters. The van der Waals surface area contributed by atoms with E-state index in [1.807, 2.05) is 19.1 Å². The number of methoxy groups -OCH3 is 1. The Morgan fingerprint density at radius 3 is 2.61 bits per heavy atom. The number of H-pyrrole nitrogens is 1. The van der Waals surface area contributed by atoms with Crippen molar-refractivity contribution in [1.29, 1.82) is 0 Å². The predicted molar refractivity (Wildman–Crippen MR) is 93.8 cm³/mol. The zero-order valence-electron chi connectivity index (χ0n) is 12.7. The van der Waals surface area contributed by atoms with Crippen LogP contribution in [0.25, 0.3) is 21.3 Å². The molecule has 0 amide bonds. The lowest BCUT2D eigenvalue weighted by Gasteiger charge is -2.06. The molecular formula is C16H15ClN2O3S. The molecule has 0 aliphatic heterocycles. The summed E-state index contributed by atoms with van der Waals surface area (Å²) in [6, 6.07) is 7.33. The number of nitrogens with one attached hydrogen (secondary N) is 1. The number of hydrogen-bond acceptors (Lipinski definition) is 4. The lowest BCUT2D eigenvalue weighted by molar-refractivity contribution is 0.185. The van der Waals surface area contributed by atoms with Gasteiger partial charge in [-0.25, -0.2) is 4.79 Å². The second-order valence-electron chi connectivity index (χ2n) is 5.12. The molecule has 1 N–H and O–H groups in total. The van der Waals surface area contributed by atoms with Gasteiger partial charge in [0.1, 0.15) is 4.83 Å². The smallest absolute Gasteiger partial charge is 0.329 e. The molecule has 7 heteroatoms. The number of nitrogens with zero attached hydrogens (tertiary/aromatic N) is 1. The molecule has 0 saturated heterocycles. The van der Waals surface area contributed by atoms with Gasteiger partial charge in [-0.3, -0.25) is 14.3 Å². The van der Waals surface area contributed by atoms with E-state index in [0.29, 0.717) is 21.8 Å². The van der Waals surface area contributed by atoms with Crippen molar-refractivity contribution < 1.29 is 4.74 Å². The molecule has 0 aliphatic rings. The van der Waals surface area contributed by atoms with Crippen LogP contribution in [-0.2, 0) is 11.3 Å². The van der Waals surface area contributed by atoms with E-state index in [0.717, 1.165) is 16.0 Å². The van der Waals surface area contributed by atoms with Crippen molar-refractivity contribution in [2.75, 3.05) is 13.7 Å². The van der Waals surface area contributed by atoms with E-state index in [2.05, 4.69) is 4.98 Å². The average molecular weight is 351 g/mol. The van der Waals surface area contributed by atoms with E-state index in [4.69, 9.17) is 16.3 Å². The van der Waals surface area contributed by atoms with Crippen LogP contribution in [0.4, 0.5) is 0 Å². The van der Waals surface area contributed by atoms with Gasteiger partial charge in [0, 0.05) is 22.6 Å². The number of aromatic amines is 1. The molecule has 0 atom stereocenters. The van der Waals surface area contributed by atoms with Crippen LogP contribution in [0.3, 0.4) is 0 Å². The van der Waals surface area contributed by atoms with Gasteiger partial charge in [0.25, 0.3) is 5.56 Å². The maximum Gasteiger partial charge on any atom is 0.329 e. The molecule has 3 aromatic rings. The molecule has 1 aromatic carbocycles. The van der Waals surface area contributed by atoms with Crippen molar-refractivity contribution in [3.63, 3.8) is 0 Å². The summed E-state index contributed by atoms with van der Waals surface area (Å²) in [7, 11) is 1.53. The fourth-order valence-corrected chi connectivity index (χ4v) is 3.76. The first-order chi connectivity index (χ1) is 11.0. The number of benzene rings is 1. The summed E-state index contributed by atoms with van der Waals surface area (Å²) < 4.78 is 6.15. The summed E-state index contributed by atoms with van der Waals surface area (Å²) in [5.74, 6) is 0. The third-order valence-corrected chi connectivity index (χ3v) is 4.93. The lowest BCUT2D eigenvalue weighted by atomic mass is 10.0. The Labute approximate surface area is 141 Å². The van der Waals surface area contributed by atoms with Crippen molar-refractivity contribution in [3.05, 3.63) is 55.0 Å². The maximum absolute atomic E-state index is 12.8. The van der Waals surface area contributed by atoms with Gasteiger partial charge in [-0.2, -0.15) is 0 Å². The number of rotatable bonds is 4. The molecule has 0 fully saturated rings. The van der Waals surface area contributed by atoms with Crippen molar-refractivity contribution in [2.24, 2.45) is 0 Å². The molecule has 0 spiro atoms. The van der Waals surface area contributed by atoms with Gasteiger partial charge >= 0.3 is 5.69 Å². The minimum Gasteiger partial charge on any atom is -0.383 e. The standard InChI is InChI=1S/C16H15ClN2O3S/c1-9-12(10-3-5-11(17)6-4-10)13-14(23-9)18-16(21)19(15(13)20)7-8-22-2/h3-6H,7-8H2,1-2H3,(H,18,21). The highest BCUT2D eigenvalue weighted by Crippen LogP contribution is 2.35. The van der Waals surface area contributed by atoms with E-state index in [9.17, 15) is 9.59 Å². The molecule has 2 aromatic heterocycles. The number of aryl methyl sites for hydroxylation is 1. The number of thiophene rings is 1. The van der Waals surface area contributed by atoms with Gasteiger partial charge in [0.2, 0.25) is 0 Å². The highest BCUT2D eigenvalue weighted by molar-refractivity contribution is 7.19. The van der Waals surface area contributed by atoms with E-state index >= 15 is 0 Å². The number of fused-ring (bicyclic) bond motifs is 1. The highest BCUT2D eigenvalue weighted by atomic mass is 35.5. The molecule has 2 heterocycles. The zero-order chi connectivity index (χ0) is 16.6. The lowest BCUT2D eigenvalue weighted by Crippen LogP contribution is -2.35. The topological polar surface area (TPSA) is 64.1 Å². The summed E-state index contributed by atoms with van der Waals surface area (Å²) in [6.07, 6.45) is 0. The van der Waals surface area contributed by atoms with Crippen LogP contribution < -0.4 is 11.2 Å². The Hall–Kier alpha value is -1.89. The van der Waals surface area contributed by atoms with E-state index in [1.165, 1.54) is 23.0 Å². The third kappa shape index (κ3) is 2.85. The van der Waals surface area contributed by atoms with Crippen LogP contribution in [0, 0.1) is 6.92 Å². The van der Waals surface area contributed by atoms with Crippen LogP contribution in [0.2, 0.25) is 5.02 Å². The van der Waals surface area contributed by atoms with Gasteiger partial charge < -0.3 is 4.74 Å². The second kappa shape index (κ2) is 6.31. The molecule has 0 bridgehead atoms. The van der Waals surface area contributed by atoms with E-state index in [1.54, 1.807) is 12.1 Å². The molecule has 120 valence electrons. The average Bonchev–Trinajstić information content (AvgIpc) is 2.84. The number of ether oxygens (including phenoxy) is 1. The first kappa shape index (κ1) is 16.0. The molecule has 0 saturated carbocycles. The first-order valence-corrected chi connectivity index (χ1v) is 8.23. The SMILES string of the molecule is COCCn1c(=O)[nH]c2sc(C)c(-c3ccc(Cl)cc3)c2c1=O. The molecular weight excluding hydrogens is 336 g/mol. The summed E-state index contributed by atoms with van der Waals surface area (Å²) >= 11 is 7.35. The van der Waals surface area contributed by atoms with Crippen molar-refractivity contribution >= 4 is 33.2 Å². The fraction of sp³-hybridized carbons (Fsp3) is 0.250. The molecule has 3 rings (SSSR count). The molecule has 0 radical (unpaired) electrons. The summed E-state index contributed by atoms with van der Waals surface area (Å²) in [4.78, 5) is 29.3. The van der Waals surface area contributed by atoms with Crippen molar-refractivity contribution in [3.8, 4) is 11.1 Å². The second-order valence-corrected chi connectivity index (χ2v) is 6.79. The molecule has 5 nitrogen and oxygen atoms in total. The van der Waals surface area contributed by atoms with Gasteiger partial charge in [-0.1, -0.05) is 23.7 Å². The largest absolute Gasteiger partial charge is 0.383 e. The van der Waals surface area contributed by atoms with E-state index in [-0.39, 0.29) is 12.1 Å². The maximum atomic E-state index is 12.8. The Balaban J connectivity index is 2.30. The Bertz CT molecular complexity index is 970. The van der Waals surface area contributed by atoms with Crippen molar-refractivity contribution in [1.82, 2.24) is 9.55 Å². The van der Waals surface area contributed by atoms with E-state index < -0.39 is 5.69 Å². The summed E-state index contributed by atoms with van der Waals surface area (Å²) in [5.41, 5.74) is 1.04. The predicted octanol–water partition coefficient (Wildman–Crippen LogP) is 3.03. The van der Waals surface area contributed by atoms with Crippen molar-refractivity contribution in [2.45, 2.75) is 13.5 Å². The van der Waals surface area contributed by atoms with Crippen LogP contribution in [0.15, 0.2) is 33.9 Å². The Morgan fingerprint density at radius 1 is 1.26 bits per heavy atom. The summed E-state index contributed by atoms with van der Waals surface area (Å²) in [5, 5.41) is 1.17. The highest BCUT2D eigenvalue weighted by Gasteiger charge is 2.17. The number of aromatic nitrogens is 2. The van der Waals surface area contributed by atoms with Crippen LogP contribution in [0.5, 0.6) is 0 Å². The summed E-state index contributed by atoms with van der Waals surface area (Å²) in [6.45, 7) is 2.45. The molecule has 23 heavy (non-hydrogen) atoms. The van der Waals surface area contributed by atoms with Gasteiger partial charge in [0.15, 0.2) is 0 Å². The Kier molecular flexibility index (Phi) is 4.39. The quantitative estimate of drug-likeness (QED) is 0.786. The Morgan fingerprint density at radius 2 is 1.96 bits per heavy atom. The minimum absolute atomic E-state index is 0.218. The third-order valence-electron chi connectivity index (χ3n) is 3.66. The number of hydrogen-bond donors (Lipinski definition) is 1. The number of halogens is 1. The fourth-order valence-electron chi connectivity index (χ4n) is 2.58.